The topological polar surface area (TPSA) is 130 Å². The van der Waals surface area contributed by atoms with Gasteiger partial charge >= 0.3 is 24.0 Å². The minimum absolute atomic E-state index is 0.00872. The van der Waals surface area contributed by atoms with E-state index in [1.165, 1.54) is 12.3 Å². The first-order chi connectivity index (χ1) is 19.0. The Hall–Kier alpha value is -3.95. The molecule has 0 aliphatic rings. The minimum Gasteiger partial charge on any atom is -0.466 e. The van der Waals surface area contributed by atoms with Crippen molar-refractivity contribution in [3.63, 3.8) is 0 Å². The van der Waals surface area contributed by atoms with Crippen molar-refractivity contribution in [2.24, 2.45) is 11.3 Å². The second-order valence-electron chi connectivity index (χ2n) is 10.1. The van der Waals surface area contributed by atoms with Gasteiger partial charge in [0, 0.05) is 12.6 Å². The standard InChI is InChI=1S/C30H40N2O8/c1-7-37-25(33)23(17-15-21-13-11-10-12-14-21)30(26(34)38-8-2,27(35)39-9-3)19-22-16-18-24(31-20-22)32-28(36)40-29(4,5)6/h10-14,16,18,20,23H,7-9,15,17,19H2,1-6H3,(H,31,32,36). The third-order valence-electron chi connectivity index (χ3n) is 5.95. The lowest BCUT2D eigenvalue weighted by Crippen LogP contribution is -2.52. The number of hydrogen-bond acceptors (Lipinski definition) is 9. The number of esters is 3. The first-order valence-corrected chi connectivity index (χ1v) is 13.5. The number of benzene rings is 1. The molecule has 1 N–H and O–H groups in total. The number of aryl methyl sites for hydroxylation is 1. The van der Waals surface area contributed by atoms with E-state index in [-0.39, 0.29) is 38.5 Å². The van der Waals surface area contributed by atoms with Crippen molar-refractivity contribution in [2.45, 2.75) is 66.4 Å². The molecule has 10 heteroatoms. The lowest BCUT2D eigenvalue weighted by Gasteiger charge is -2.35. The molecule has 1 heterocycles. The van der Waals surface area contributed by atoms with Gasteiger partial charge < -0.3 is 18.9 Å². The van der Waals surface area contributed by atoms with Gasteiger partial charge in [-0.1, -0.05) is 36.4 Å². The largest absolute Gasteiger partial charge is 0.466 e. The second kappa shape index (κ2) is 15.0. The third-order valence-corrected chi connectivity index (χ3v) is 5.95. The maximum Gasteiger partial charge on any atom is 0.413 e. The molecule has 0 bridgehead atoms. The first kappa shape index (κ1) is 32.3. The van der Waals surface area contributed by atoms with Gasteiger partial charge in [0.05, 0.1) is 25.7 Å². The van der Waals surface area contributed by atoms with Crippen LogP contribution in [0.1, 0.15) is 59.1 Å². The van der Waals surface area contributed by atoms with Gasteiger partial charge in [0.2, 0.25) is 0 Å². The summed E-state index contributed by atoms with van der Waals surface area (Å²) in [6.07, 6.45) is 1.04. The molecule has 10 nitrogen and oxygen atoms in total. The summed E-state index contributed by atoms with van der Waals surface area (Å²) in [5.41, 5.74) is -1.35. The number of pyridine rings is 1. The molecular weight excluding hydrogens is 516 g/mol. The number of rotatable bonds is 13. The van der Waals surface area contributed by atoms with Crippen molar-refractivity contribution in [3.8, 4) is 0 Å². The summed E-state index contributed by atoms with van der Waals surface area (Å²) in [5.74, 6) is -3.45. The highest BCUT2D eigenvalue weighted by Gasteiger charge is 2.58. The van der Waals surface area contributed by atoms with Crippen LogP contribution >= 0.6 is 0 Å². The molecule has 0 aliphatic heterocycles. The molecule has 0 saturated heterocycles. The molecule has 2 rings (SSSR count). The van der Waals surface area contributed by atoms with Gasteiger partial charge in [-0.25, -0.2) is 9.78 Å². The van der Waals surface area contributed by atoms with Crippen molar-refractivity contribution in [2.75, 3.05) is 25.1 Å². The zero-order chi connectivity index (χ0) is 29.8. The van der Waals surface area contributed by atoms with Gasteiger partial charge in [-0.15, -0.1) is 0 Å². The number of aromatic nitrogens is 1. The van der Waals surface area contributed by atoms with Crippen LogP contribution in [-0.4, -0.2) is 54.4 Å². The van der Waals surface area contributed by atoms with Gasteiger partial charge in [0.25, 0.3) is 0 Å². The average Bonchev–Trinajstić information content (AvgIpc) is 2.89. The fourth-order valence-corrected chi connectivity index (χ4v) is 4.25. The molecule has 1 aromatic carbocycles. The normalized spacial score (nSPS) is 12.2. The molecule has 0 aliphatic carbocycles. The molecule has 1 aromatic heterocycles. The fraction of sp³-hybridized carbons (Fsp3) is 0.500. The van der Waals surface area contributed by atoms with Crippen LogP contribution in [0.4, 0.5) is 10.6 Å². The quantitative estimate of drug-likeness (QED) is 0.208. The Bertz CT molecular complexity index is 1110. The van der Waals surface area contributed by atoms with E-state index in [2.05, 4.69) is 10.3 Å². The Labute approximate surface area is 235 Å². The van der Waals surface area contributed by atoms with E-state index in [9.17, 15) is 19.2 Å². The number of carbonyl (C=O) groups is 4. The highest BCUT2D eigenvalue weighted by atomic mass is 16.6. The number of ether oxygens (including phenoxy) is 4. The Morgan fingerprint density at radius 1 is 0.825 bits per heavy atom. The van der Waals surface area contributed by atoms with Crippen molar-refractivity contribution in [1.29, 1.82) is 0 Å². The molecule has 0 radical (unpaired) electrons. The van der Waals surface area contributed by atoms with Crippen molar-refractivity contribution in [1.82, 2.24) is 4.98 Å². The minimum atomic E-state index is -2.03. The maximum atomic E-state index is 13.7. The number of hydrogen-bond donors (Lipinski definition) is 1. The second-order valence-corrected chi connectivity index (χ2v) is 10.1. The maximum absolute atomic E-state index is 13.7. The molecule has 0 fully saturated rings. The van der Waals surface area contributed by atoms with Gasteiger partial charge in [-0.2, -0.15) is 0 Å². The molecule has 0 saturated carbocycles. The molecular formula is C30H40N2O8. The predicted molar refractivity (Wildman–Crippen MR) is 148 cm³/mol. The fourth-order valence-electron chi connectivity index (χ4n) is 4.25. The summed E-state index contributed by atoms with van der Waals surface area (Å²) in [5, 5.41) is 2.54. The zero-order valence-corrected chi connectivity index (χ0v) is 24.2. The van der Waals surface area contributed by atoms with Crippen LogP contribution in [0.3, 0.4) is 0 Å². The van der Waals surface area contributed by atoms with E-state index in [4.69, 9.17) is 18.9 Å². The summed E-state index contributed by atoms with van der Waals surface area (Å²) in [7, 11) is 0. The summed E-state index contributed by atoms with van der Waals surface area (Å²) >= 11 is 0. The van der Waals surface area contributed by atoms with Crippen molar-refractivity contribution >= 4 is 29.8 Å². The Balaban J connectivity index is 2.52. The van der Waals surface area contributed by atoms with Crippen LogP contribution in [0.25, 0.3) is 0 Å². The number of nitrogens with one attached hydrogen (secondary N) is 1. The monoisotopic (exact) mass is 556 g/mol. The van der Waals surface area contributed by atoms with E-state index >= 15 is 0 Å². The molecule has 1 unspecified atom stereocenters. The summed E-state index contributed by atoms with van der Waals surface area (Å²) in [6.45, 7) is 10.2. The number of carbonyl (C=O) groups excluding carboxylic acids is 4. The number of amides is 1. The highest BCUT2D eigenvalue weighted by Crippen LogP contribution is 2.39. The van der Waals surface area contributed by atoms with Crippen LogP contribution in [-0.2, 0) is 46.2 Å². The van der Waals surface area contributed by atoms with E-state index < -0.39 is 40.9 Å². The Kier molecular flexibility index (Phi) is 12.1. The molecule has 1 amide bonds. The Morgan fingerprint density at radius 3 is 1.93 bits per heavy atom. The van der Waals surface area contributed by atoms with Crippen LogP contribution in [0, 0.1) is 11.3 Å². The third kappa shape index (κ3) is 9.07. The van der Waals surface area contributed by atoms with E-state index in [0.717, 1.165) is 5.56 Å². The predicted octanol–water partition coefficient (Wildman–Crippen LogP) is 4.90. The average molecular weight is 557 g/mol. The summed E-state index contributed by atoms with van der Waals surface area (Å²) < 4.78 is 21.4. The van der Waals surface area contributed by atoms with E-state index in [1.54, 1.807) is 47.6 Å². The highest BCUT2D eigenvalue weighted by molar-refractivity contribution is 6.04. The number of anilines is 1. The van der Waals surface area contributed by atoms with Gasteiger partial charge in [-0.3, -0.25) is 19.7 Å². The van der Waals surface area contributed by atoms with Crippen molar-refractivity contribution < 1.29 is 38.1 Å². The van der Waals surface area contributed by atoms with Gasteiger partial charge in [0.1, 0.15) is 11.4 Å². The Morgan fingerprint density at radius 2 is 1.43 bits per heavy atom. The van der Waals surface area contributed by atoms with Crippen LogP contribution in [0.15, 0.2) is 48.7 Å². The summed E-state index contributed by atoms with van der Waals surface area (Å²) in [6, 6.07) is 12.5. The molecule has 1 atom stereocenters. The first-order valence-electron chi connectivity index (χ1n) is 13.5. The smallest absolute Gasteiger partial charge is 0.413 e. The van der Waals surface area contributed by atoms with Crippen LogP contribution in [0.5, 0.6) is 0 Å². The van der Waals surface area contributed by atoms with Gasteiger partial charge in [0.15, 0.2) is 5.41 Å². The zero-order valence-electron chi connectivity index (χ0n) is 24.2. The SMILES string of the molecule is CCOC(=O)C(CCc1ccccc1)C(Cc1ccc(NC(=O)OC(C)(C)C)nc1)(C(=O)OCC)C(=O)OCC. The molecule has 0 spiro atoms. The molecule has 2 aromatic rings. The van der Waals surface area contributed by atoms with Crippen molar-refractivity contribution in [3.05, 3.63) is 59.8 Å². The lowest BCUT2D eigenvalue weighted by atomic mass is 9.69. The van der Waals surface area contributed by atoms with E-state index in [1.807, 2.05) is 30.3 Å². The molecule has 218 valence electrons. The molecule has 40 heavy (non-hydrogen) atoms. The lowest BCUT2D eigenvalue weighted by molar-refractivity contribution is -0.184. The number of nitrogens with zero attached hydrogens (tertiary/aromatic N) is 1. The van der Waals surface area contributed by atoms with Crippen LogP contribution in [0.2, 0.25) is 0 Å². The van der Waals surface area contributed by atoms with E-state index in [0.29, 0.717) is 12.0 Å². The van der Waals surface area contributed by atoms with Gasteiger partial charge in [-0.05, 0) is 71.6 Å². The summed E-state index contributed by atoms with van der Waals surface area (Å²) in [4.78, 5) is 57.1. The van der Waals surface area contributed by atoms with Crippen LogP contribution < -0.4 is 5.32 Å².